The minimum atomic E-state index is -0.600. The number of esters is 1. The van der Waals surface area contributed by atoms with Crippen LogP contribution in [0.1, 0.15) is 22.6 Å². The van der Waals surface area contributed by atoms with Crippen molar-refractivity contribution in [2.75, 3.05) is 11.9 Å². The zero-order chi connectivity index (χ0) is 18.4. The molecule has 2 N–H and O–H groups in total. The molecule has 4 rings (SSSR count). The van der Waals surface area contributed by atoms with E-state index in [0.717, 1.165) is 11.1 Å². The summed E-state index contributed by atoms with van der Waals surface area (Å²) in [5.41, 5.74) is 2.08. The molecule has 0 saturated carbocycles. The number of aromatic nitrogens is 2. The molecule has 0 spiro atoms. The average Bonchev–Trinajstić information content (AvgIpc) is 2.98. The van der Waals surface area contributed by atoms with Gasteiger partial charge in [-0.1, -0.05) is 35.9 Å². The van der Waals surface area contributed by atoms with Crippen molar-refractivity contribution in [3.05, 3.63) is 85.7 Å². The number of anilines is 1. The van der Waals surface area contributed by atoms with Crippen LogP contribution in [0.15, 0.2) is 57.8 Å². The van der Waals surface area contributed by atoms with Gasteiger partial charge in [-0.2, -0.15) is 0 Å². The van der Waals surface area contributed by atoms with E-state index in [1.54, 1.807) is 6.08 Å². The van der Waals surface area contributed by atoms with Crippen LogP contribution in [0.3, 0.4) is 0 Å². The summed E-state index contributed by atoms with van der Waals surface area (Å²) in [7, 11) is 0. The van der Waals surface area contributed by atoms with Crippen LogP contribution in [0.5, 0.6) is 0 Å². The van der Waals surface area contributed by atoms with Crippen LogP contribution in [0.25, 0.3) is 0 Å². The zero-order valence-electron chi connectivity index (χ0n) is 14.2. The number of hydrogen-bond acceptors (Lipinski definition) is 5. The van der Waals surface area contributed by atoms with E-state index in [4.69, 9.17) is 4.74 Å². The van der Waals surface area contributed by atoms with Gasteiger partial charge in [0.05, 0.1) is 22.8 Å². The Bertz CT molecular complexity index is 1090. The molecule has 2 aliphatic rings. The van der Waals surface area contributed by atoms with Crippen LogP contribution < -0.4 is 16.6 Å². The number of H-pyrrole nitrogens is 1. The lowest BCUT2D eigenvalue weighted by Gasteiger charge is -2.28. The molecule has 2 aliphatic heterocycles. The number of aryl methyl sites for hydroxylation is 1. The van der Waals surface area contributed by atoms with Crippen molar-refractivity contribution in [1.29, 1.82) is 0 Å². The lowest BCUT2D eigenvalue weighted by molar-refractivity contribution is -0.136. The highest BCUT2D eigenvalue weighted by Crippen LogP contribution is 2.42. The minimum Gasteiger partial charge on any atom is -0.456 e. The van der Waals surface area contributed by atoms with Crippen LogP contribution in [0.2, 0.25) is 0 Å². The number of nitrogens with zero attached hydrogens (tertiary/aromatic N) is 1. The van der Waals surface area contributed by atoms with Gasteiger partial charge < -0.3 is 10.1 Å². The van der Waals surface area contributed by atoms with Gasteiger partial charge in [-0.15, -0.1) is 6.58 Å². The van der Waals surface area contributed by atoms with Crippen molar-refractivity contribution >= 4 is 11.8 Å². The monoisotopic (exact) mass is 351 g/mol. The Morgan fingerprint density at radius 2 is 2.15 bits per heavy atom. The molecule has 2 aromatic rings. The zero-order valence-corrected chi connectivity index (χ0v) is 14.2. The molecule has 0 amide bonds. The lowest BCUT2D eigenvalue weighted by Crippen LogP contribution is -2.38. The lowest BCUT2D eigenvalue weighted by atomic mass is 9.82. The number of fused-ring (bicyclic) bond motifs is 1. The Kier molecular flexibility index (Phi) is 3.64. The number of nitrogens with one attached hydrogen (secondary N) is 2. The largest absolute Gasteiger partial charge is 0.456 e. The van der Waals surface area contributed by atoms with Crippen LogP contribution in [0.4, 0.5) is 5.82 Å². The SMILES string of the molecule is C=CCn1c2c(c(=O)[nH]c1=O)C(c1cccc(C)c1)C1=C(COC1=O)N2. The van der Waals surface area contributed by atoms with E-state index >= 15 is 0 Å². The highest BCUT2D eigenvalue weighted by Gasteiger charge is 2.41. The van der Waals surface area contributed by atoms with Crippen molar-refractivity contribution in [1.82, 2.24) is 9.55 Å². The van der Waals surface area contributed by atoms with Crippen LogP contribution in [-0.2, 0) is 16.1 Å². The second kappa shape index (κ2) is 5.87. The fraction of sp³-hybridized carbons (Fsp3) is 0.211. The summed E-state index contributed by atoms with van der Waals surface area (Å²) >= 11 is 0. The quantitative estimate of drug-likeness (QED) is 0.644. The molecule has 0 saturated heterocycles. The summed E-state index contributed by atoms with van der Waals surface area (Å²) in [6.45, 7) is 5.92. The van der Waals surface area contributed by atoms with Gasteiger partial charge >= 0.3 is 11.7 Å². The summed E-state index contributed by atoms with van der Waals surface area (Å²) in [6.07, 6.45) is 1.57. The predicted octanol–water partition coefficient (Wildman–Crippen LogP) is 1.40. The molecule has 1 atom stereocenters. The maximum atomic E-state index is 12.7. The van der Waals surface area contributed by atoms with Crippen molar-refractivity contribution in [2.24, 2.45) is 0 Å². The van der Waals surface area contributed by atoms with Gasteiger partial charge in [0.25, 0.3) is 5.56 Å². The van der Waals surface area contributed by atoms with Crippen LogP contribution >= 0.6 is 0 Å². The molecular formula is C19H17N3O4. The van der Waals surface area contributed by atoms with Gasteiger partial charge in [0.1, 0.15) is 12.4 Å². The molecule has 1 aromatic heterocycles. The fourth-order valence-electron chi connectivity index (χ4n) is 3.57. The van der Waals surface area contributed by atoms with E-state index in [-0.39, 0.29) is 13.2 Å². The normalized spacial score (nSPS) is 18.0. The first-order valence-electron chi connectivity index (χ1n) is 8.23. The summed E-state index contributed by atoms with van der Waals surface area (Å²) in [6, 6.07) is 7.61. The molecule has 0 radical (unpaired) electrons. The van der Waals surface area contributed by atoms with Gasteiger partial charge in [-0.05, 0) is 12.5 Å². The smallest absolute Gasteiger partial charge is 0.337 e. The van der Waals surface area contributed by atoms with Gasteiger partial charge in [-0.3, -0.25) is 14.3 Å². The molecule has 1 unspecified atom stereocenters. The van der Waals surface area contributed by atoms with Crippen molar-refractivity contribution in [3.8, 4) is 0 Å². The topological polar surface area (TPSA) is 93.2 Å². The van der Waals surface area contributed by atoms with Crippen LogP contribution in [-0.4, -0.2) is 22.1 Å². The van der Waals surface area contributed by atoms with E-state index in [0.29, 0.717) is 22.7 Å². The summed E-state index contributed by atoms with van der Waals surface area (Å²) in [5, 5.41) is 3.07. The van der Waals surface area contributed by atoms with E-state index in [1.165, 1.54) is 4.57 Å². The third kappa shape index (κ3) is 2.32. The van der Waals surface area contributed by atoms with Crippen molar-refractivity contribution in [2.45, 2.75) is 19.4 Å². The Labute approximate surface area is 148 Å². The van der Waals surface area contributed by atoms with E-state index in [2.05, 4.69) is 16.9 Å². The molecule has 26 heavy (non-hydrogen) atoms. The van der Waals surface area contributed by atoms with Crippen molar-refractivity contribution < 1.29 is 9.53 Å². The molecule has 1 aromatic carbocycles. The molecule has 0 fully saturated rings. The average molecular weight is 351 g/mol. The fourth-order valence-corrected chi connectivity index (χ4v) is 3.57. The first-order valence-corrected chi connectivity index (χ1v) is 8.23. The predicted molar refractivity (Wildman–Crippen MR) is 96.1 cm³/mol. The highest BCUT2D eigenvalue weighted by atomic mass is 16.5. The van der Waals surface area contributed by atoms with E-state index in [9.17, 15) is 14.4 Å². The molecule has 7 nitrogen and oxygen atoms in total. The number of ether oxygens (including phenoxy) is 1. The Hall–Kier alpha value is -3.35. The highest BCUT2D eigenvalue weighted by molar-refractivity contribution is 5.96. The third-order valence-electron chi connectivity index (χ3n) is 4.66. The number of allylic oxidation sites excluding steroid dienone is 1. The standard InChI is InChI=1S/C19H17N3O4/c1-3-7-22-16-15(17(23)21-19(22)25)13(11-6-4-5-10(2)8-11)14-12(20-16)9-26-18(14)24/h3-6,8,13,20H,1,7,9H2,2H3,(H,21,23,25). The molecule has 0 bridgehead atoms. The summed E-state index contributed by atoms with van der Waals surface area (Å²) in [5.74, 6) is -0.677. The maximum absolute atomic E-state index is 12.7. The van der Waals surface area contributed by atoms with Gasteiger partial charge in [0, 0.05) is 6.54 Å². The number of hydrogen-bond donors (Lipinski definition) is 2. The molecule has 3 heterocycles. The first-order chi connectivity index (χ1) is 12.5. The second-order valence-corrected chi connectivity index (χ2v) is 6.36. The number of benzene rings is 1. The third-order valence-corrected chi connectivity index (χ3v) is 4.66. The Morgan fingerprint density at radius 3 is 2.88 bits per heavy atom. The van der Waals surface area contributed by atoms with E-state index in [1.807, 2.05) is 31.2 Å². The summed E-state index contributed by atoms with van der Waals surface area (Å²) in [4.78, 5) is 39.7. The minimum absolute atomic E-state index is 0.0883. The number of rotatable bonds is 3. The maximum Gasteiger partial charge on any atom is 0.337 e. The van der Waals surface area contributed by atoms with Crippen molar-refractivity contribution in [3.63, 3.8) is 0 Å². The van der Waals surface area contributed by atoms with Gasteiger partial charge in [0.2, 0.25) is 0 Å². The number of cyclic esters (lactones) is 1. The van der Waals surface area contributed by atoms with E-state index < -0.39 is 23.1 Å². The number of aromatic amines is 1. The summed E-state index contributed by atoms with van der Waals surface area (Å²) < 4.78 is 6.59. The molecule has 0 aliphatic carbocycles. The second-order valence-electron chi connectivity index (χ2n) is 6.36. The molecule has 7 heteroatoms. The van der Waals surface area contributed by atoms with Gasteiger partial charge in [-0.25, -0.2) is 9.59 Å². The first kappa shape index (κ1) is 16.1. The molecule has 132 valence electrons. The number of carbonyl (C=O) groups excluding carboxylic acids is 1. The Morgan fingerprint density at radius 1 is 1.35 bits per heavy atom. The van der Waals surface area contributed by atoms with Crippen LogP contribution in [0, 0.1) is 6.92 Å². The van der Waals surface area contributed by atoms with Gasteiger partial charge in [0.15, 0.2) is 0 Å². The molecular weight excluding hydrogens is 334 g/mol. The number of carbonyl (C=O) groups is 1. The Balaban J connectivity index is 2.06.